The van der Waals surface area contributed by atoms with Gasteiger partial charge >= 0.3 is 0 Å². The zero-order chi connectivity index (χ0) is 17.8. The molecule has 7 heteroatoms. The Morgan fingerprint density at radius 1 is 1.31 bits per heavy atom. The lowest BCUT2D eigenvalue weighted by atomic mass is 10.1. The molecule has 7 nitrogen and oxygen atoms in total. The maximum Gasteiger partial charge on any atom is 0.273 e. The van der Waals surface area contributed by atoms with E-state index in [0.717, 1.165) is 23.9 Å². The molecule has 1 saturated heterocycles. The summed E-state index contributed by atoms with van der Waals surface area (Å²) >= 11 is 0. The molecule has 26 heavy (non-hydrogen) atoms. The number of aromatic nitrogens is 2. The number of fused-ring (bicyclic) bond motifs is 1. The number of nitrogens with one attached hydrogen (secondary N) is 1. The molecule has 134 valence electrons. The number of benzene rings is 1. The van der Waals surface area contributed by atoms with Gasteiger partial charge in [-0.05, 0) is 30.7 Å². The van der Waals surface area contributed by atoms with Crippen molar-refractivity contribution in [3.05, 3.63) is 54.0 Å². The second-order valence-corrected chi connectivity index (χ2v) is 6.26. The van der Waals surface area contributed by atoms with Gasteiger partial charge in [-0.3, -0.25) is 9.78 Å². The van der Waals surface area contributed by atoms with Crippen LogP contribution in [0.4, 0.5) is 0 Å². The quantitative estimate of drug-likeness (QED) is 0.733. The first-order valence-corrected chi connectivity index (χ1v) is 8.57. The Hall–Kier alpha value is -2.93. The molecular formula is C19H19N3O4. The number of hydrogen-bond donors (Lipinski definition) is 1. The minimum atomic E-state index is -0.247. The molecule has 0 unspecified atom stereocenters. The van der Waals surface area contributed by atoms with Crippen molar-refractivity contribution in [3.63, 3.8) is 0 Å². The van der Waals surface area contributed by atoms with Gasteiger partial charge < -0.3 is 19.3 Å². The van der Waals surface area contributed by atoms with E-state index in [-0.39, 0.29) is 18.2 Å². The standard InChI is InChI=1S/C19H19N3O4/c23-19(21-10-13-5-7-24-11-13)18-9-16(26-22-18)12-25-15-3-4-17-14(8-15)2-1-6-20-17/h1-4,6,8-9,13H,5,7,10-12H2,(H,21,23)/t13-/m0/s1. The van der Waals surface area contributed by atoms with Crippen LogP contribution < -0.4 is 10.1 Å². The molecule has 1 fully saturated rings. The summed E-state index contributed by atoms with van der Waals surface area (Å²) in [6, 6.07) is 11.1. The van der Waals surface area contributed by atoms with Crippen LogP contribution in [0.15, 0.2) is 47.1 Å². The number of pyridine rings is 1. The number of carbonyl (C=O) groups is 1. The van der Waals surface area contributed by atoms with E-state index >= 15 is 0 Å². The second kappa shape index (κ2) is 7.53. The summed E-state index contributed by atoms with van der Waals surface area (Å²) < 4.78 is 16.2. The average Bonchev–Trinajstić information content (AvgIpc) is 3.36. The summed E-state index contributed by atoms with van der Waals surface area (Å²) in [6.07, 6.45) is 2.73. The highest BCUT2D eigenvalue weighted by molar-refractivity contribution is 5.92. The molecule has 2 aromatic heterocycles. The van der Waals surface area contributed by atoms with Gasteiger partial charge in [0.05, 0.1) is 12.1 Å². The number of ether oxygens (including phenoxy) is 2. The molecule has 1 aliphatic heterocycles. The summed E-state index contributed by atoms with van der Waals surface area (Å²) in [4.78, 5) is 16.4. The summed E-state index contributed by atoms with van der Waals surface area (Å²) in [5, 5.41) is 7.67. The fourth-order valence-corrected chi connectivity index (χ4v) is 2.86. The average molecular weight is 353 g/mol. The van der Waals surface area contributed by atoms with Gasteiger partial charge in [-0.25, -0.2) is 0 Å². The number of rotatable bonds is 6. The molecular weight excluding hydrogens is 334 g/mol. The summed E-state index contributed by atoms with van der Waals surface area (Å²) in [6.45, 7) is 2.24. The molecule has 3 aromatic rings. The van der Waals surface area contributed by atoms with Crippen LogP contribution in [0.3, 0.4) is 0 Å². The predicted octanol–water partition coefficient (Wildman–Crippen LogP) is 2.57. The van der Waals surface area contributed by atoms with Crippen LogP contribution in [0.5, 0.6) is 5.75 Å². The number of carbonyl (C=O) groups excluding carboxylic acids is 1. The minimum Gasteiger partial charge on any atom is -0.486 e. The van der Waals surface area contributed by atoms with E-state index in [1.54, 1.807) is 12.3 Å². The third-order valence-corrected chi connectivity index (χ3v) is 4.32. The van der Waals surface area contributed by atoms with E-state index in [9.17, 15) is 4.79 Å². The highest BCUT2D eigenvalue weighted by Crippen LogP contribution is 2.20. The topological polar surface area (TPSA) is 86.5 Å². The monoisotopic (exact) mass is 353 g/mol. The van der Waals surface area contributed by atoms with Crippen molar-refractivity contribution in [2.75, 3.05) is 19.8 Å². The van der Waals surface area contributed by atoms with Gasteiger partial charge in [0.25, 0.3) is 5.91 Å². The number of nitrogens with zero attached hydrogens (tertiary/aromatic N) is 2. The molecule has 0 saturated carbocycles. The molecule has 1 aromatic carbocycles. The van der Waals surface area contributed by atoms with Crippen molar-refractivity contribution in [2.45, 2.75) is 13.0 Å². The molecule has 3 heterocycles. The van der Waals surface area contributed by atoms with E-state index in [4.69, 9.17) is 14.0 Å². The minimum absolute atomic E-state index is 0.197. The molecule has 0 radical (unpaired) electrons. The van der Waals surface area contributed by atoms with Gasteiger partial charge in [-0.1, -0.05) is 11.2 Å². The van der Waals surface area contributed by atoms with E-state index in [0.29, 0.717) is 30.6 Å². The first-order chi connectivity index (χ1) is 12.8. The van der Waals surface area contributed by atoms with Gasteiger partial charge in [0.2, 0.25) is 0 Å². The lowest BCUT2D eigenvalue weighted by Crippen LogP contribution is -2.29. The SMILES string of the molecule is O=C(NC[C@@H]1CCOC1)c1cc(COc2ccc3ncccc3c2)on1. The van der Waals surface area contributed by atoms with Crippen molar-refractivity contribution in [2.24, 2.45) is 5.92 Å². The van der Waals surface area contributed by atoms with Crippen LogP contribution in [0.25, 0.3) is 10.9 Å². The fourth-order valence-electron chi connectivity index (χ4n) is 2.86. The fraction of sp³-hybridized carbons (Fsp3) is 0.316. The van der Waals surface area contributed by atoms with Crippen LogP contribution in [0, 0.1) is 5.92 Å². The van der Waals surface area contributed by atoms with E-state index < -0.39 is 0 Å². The molecule has 1 aliphatic rings. The summed E-state index contributed by atoms with van der Waals surface area (Å²) in [5.41, 5.74) is 1.16. The maximum atomic E-state index is 12.1. The number of hydrogen-bond acceptors (Lipinski definition) is 6. The third-order valence-electron chi connectivity index (χ3n) is 4.32. The first-order valence-electron chi connectivity index (χ1n) is 8.57. The summed E-state index contributed by atoms with van der Waals surface area (Å²) in [7, 11) is 0. The van der Waals surface area contributed by atoms with Crippen LogP contribution in [-0.2, 0) is 11.3 Å². The Kier molecular flexibility index (Phi) is 4.79. The van der Waals surface area contributed by atoms with Crippen molar-refractivity contribution >= 4 is 16.8 Å². The van der Waals surface area contributed by atoms with Crippen LogP contribution in [0.1, 0.15) is 22.7 Å². The number of amides is 1. The first kappa shape index (κ1) is 16.5. The summed E-state index contributed by atoms with van der Waals surface area (Å²) in [5.74, 6) is 1.32. The van der Waals surface area contributed by atoms with Crippen molar-refractivity contribution < 1.29 is 18.8 Å². The van der Waals surface area contributed by atoms with Crippen molar-refractivity contribution in [3.8, 4) is 5.75 Å². The smallest absolute Gasteiger partial charge is 0.273 e. The van der Waals surface area contributed by atoms with Gasteiger partial charge in [0, 0.05) is 36.7 Å². The second-order valence-electron chi connectivity index (χ2n) is 6.26. The molecule has 1 amide bonds. The highest BCUT2D eigenvalue weighted by Gasteiger charge is 2.18. The molecule has 0 spiro atoms. The van der Waals surface area contributed by atoms with Gasteiger partial charge in [-0.15, -0.1) is 0 Å². The Morgan fingerprint density at radius 2 is 2.27 bits per heavy atom. The van der Waals surface area contributed by atoms with Crippen LogP contribution in [-0.4, -0.2) is 35.8 Å². The largest absolute Gasteiger partial charge is 0.486 e. The zero-order valence-corrected chi connectivity index (χ0v) is 14.2. The van der Waals surface area contributed by atoms with Crippen LogP contribution >= 0.6 is 0 Å². The normalized spacial score (nSPS) is 16.7. The maximum absolute atomic E-state index is 12.1. The lowest BCUT2D eigenvalue weighted by molar-refractivity contribution is 0.0935. The molecule has 1 atom stereocenters. The van der Waals surface area contributed by atoms with E-state index in [1.807, 2.05) is 30.3 Å². The van der Waals surface area contributed by atoms with Gasteiger partial charge in [0.1, 0.15) is 12.4 Å². The van der Waals surface area contributed by atoms with Crippen molar-refractivity contribution in [1.82, 2.24) is 15.5 Å². The van der Waals surface area contributed by atoms with Gasteiger partial charge in [-0.2, -0.15) is 0 Å². The van der Waals surface area contributed by atoms with Crippen LogP contribution in [0.2, 0.25) is 0 Å². The molecule has 0 bridgehead atoms. The molecule has 1 N–H and O–H groups in total. The Bertz CT molecular complexity index is 902. The third kappa shape index (κ3) is 3.83. The predicted molar refractivity (Wildman–Crippen MR) is 93.8 cm³/mol. The van der Waals surface area contributed by atoms with E-state index in [2.05, 4.69) is 15.5 Å². The highest BCUT2D eigenvalue weighted by atomic mass is 16.5. The Labute approximate surface area is 150 Å². The van der Waals surface area contributed by atoms with Gasteiger partial charge in [0.15, 0.2) is 11.5 Å². The lowest BCUT2D eigenvalue weighted by Gasteiger charge is -2.07. The van der Waals surface area contributed by atoms with E-state index in [1.165, 1.54) is 0 Å². The molecule has 4 rings (SSSR count). The Balaban J connectivity index is 1.33. The molecule has 0 aliphatic carbocycles. The Morgan fingerprint density at radius 3 is 3.15 bits per heavy atom. The van der Waals surface area contributed by atoms with Crippen molar-refractivity contribution in [1.29, 1.82) is 0 Å². The zero-order valence-electron chi connectivity index (χ0n) is 14.2.